The van der Waals surface area contributed by atoms with Gasteiger partial charge in [-0.1, -0.05) is 12.1 Å². The van der Waals surface area contributed by atoms with Gasteiger partial charge in [0.25, 0.3) is 0 Å². The number of benzene rings is 1. The van der Waals surface area contributed by atoms with E-state index in [0.29, 0.717) is 5.75 Å². The van der Waals surface area contributed by atoms with Gasteiger partial charge >= 0.3 is 0 Å². The molecular formula is C13H19NO2. The van der Waals surface area contributed by atoms with Crippen LogP contribution < -0.4 is 5.32 Å². The van der Waals surface area contributed by atoms with Crippen molar-refractivity contribution in [1.82, 2.24) is 5.32 Å². The highest BCUT2D eigenvalue weighted by Gasteiger charge is 2.14. The lowest BCUT2D eigenvalue weighted by Crippen LogP contribution is -2.17. The summed E-state index contributed by atoms with van der Waals surface area (Å²) in [4.78, 5) is 0. The molecule has 0 saturated carbocycles. The van der Waals surface area contributed by atoms with E-state index < -0.39 is 0 Å². The summed E-state index contributed by atoms with van der Waals surface area (Å²) in [5.41, 5.74) is 1.21. The van der Waals surface area contributed by atoms with Crippen LogP contribution in [0, 0.1) is 5.92 Å². The van der Waals surface area contributed by atoms with Gasteiger partial charge in [-0.15, -0.1) is 0 Å². The predicted molar refractivity (Wildman–Crippen MR) is 63.4 cm³/mol. The lowest BCUT2D eigenvalue weighted by molar-refractivity contribution is 0.184. The average molecular weight is 221 g/mol. The third kappa shape index (κ3) is 3.51. The molecular weight excluding hydrogens is 202 g/mol. The third-order valence-electron chi connectivity index (χ3n) is 3.02. The quantitative estimate of drug-likeness (QED) is 0.746. The van der Waals surface area contributed by atoms with Crippen LogP contribution in [0.15, 0.2) is 24.3 Å². The summed E-state index contributed by atoms with van der Waals surface area (Å²) >= 11 is 0. The van der Waals surface area contributed by atoms with Crippen molar-refractivity contribution in [2.24, 2.45) is 5.92 Å². The SMILES string of the molecule is Oc1ccc(CNCCC2CCOC2)cc1. The van der Waals surface area contributed by atoms with Crippen molar-refractivity contribution in [2.75, 3.05) is 19.8 Å². The summed E-state index contributed by atoms with van der Waals surface area (Å²) in [5, 5.41) is 12.5. The van der Waals surface area contributed by atoms with Gasteiger partial charge in [0.15, 0.2) is 0 Å². The van der Waals surface area contributed by atoms with E-state index in [2.05, 4.69) is 5.32 Å². The normalized spacial score (nSPS) is 20.1. The molecule has 1 saturated heterocycles. The molecule has 16 heavy (non-hydrogen) atoms. The predicted octanol–water partition coefficient (Wildman–Crippen LogP) is 1.91. The first-order chi connectivity index (χ1) is 7.84. The fraction of sp³-hybridized carbons (Fsp3) is 0.538. The van der Waals surface area contributed by atoms with Gasteiger partial charge in [0.2, 0.25) is 0 Å². The molecule has 88 valence electrons. The number of rotatable bonds is 5. The van der Waals surface area contributed by atoms with E-state index >= 15 is 0 Å². The van der Waals surface area contributed by atoms with Gasteiger partial charge in [-0.3, -0.25) is 0 Å². The average Bonchev–Trinajstić information content (AvgIpc) is 2.80. The van der Waals surface area contributed by atoms with Crippen LogP contribution in [0.3, 0.4) is 0 Å². The van der Waals surface area contributed by atoms with Crippen LogP contribution >= 0.6 is 0 Å². The third-order valence-corrected chi connectivity index (χ3v) is 3.02. The van der Waals surface area contributed by atoms with Gasteiger partial charge in [-0.25, -0.2) is 0 Å². The van der Waals surface area contributed by atoms with Crippen LogP contribution in [-0.2, 0) is 11.3 Å². The van der Waals surface area contributed by atoms with E-state index in [9.17, 15) is 0 Å². The fourth-order valence-electron chi connectivity index (χ4n) is 1.96. The molecule has 1 unspecified atom stereocenters. The first-order valence-corrected chi connectivity index (χ1v) is 5.91. The van der Waals surface area contributed by atoms with E-state index in [4.69, 9.17) is 9.84 Å². The Hall–Kier alpha value is -1.06. The number of ether oxygens (including phenoxy) is 1. The van der Waals surface area contributed by atoms with Crippen LogP contribution in [0.2, 0.25) is 0 Å². The van der Waals surface area contributed by atoms with Gasteiger partial charge in [0.05, 0.1) is 0 Å². The minimum Gasteiger partial charge on any atom is -0.508 e. The molecule has 1 aromatic rings. The molecule has 1 aromatic carbocycles. The Morgan fingerprint density at radius 3 is 2.81 bits per heavy atom. The van der Waals surface area contributed by atoms with Gasteiger partial charge < -0.3 is 15.2 Å². The first kappa shape index (κ1) is 11.4. The number of nitrogens with one attached hydrogen (secondary N) is 1. The van der Waals surface area contributed by atoms with Gasteiger partial charge in [0, 0.05) is 19.8 Å². The van der Waals surface area contributed by atoms with Crippen molar-refractivity contribution in [2.45, 2.75) is 19.4 Å². The van der Waals surface area contributed by atoms with Crippen molar-refractivity contribution >= 4 is 0 Å². The highest BCUT2D eigenvalue weighted by atomic mass is 16.5. The van der Waals surface area contributed by atoms with Crippen molar-refractivity contribution < 1.29 is 9.84 Å². The van der Waals surface area contributed by atoms with Crippen molar-refractivity contribution in [3.63, 3.8) is 0 Å². The molecule has 2 rings (SSSR count). The highest BCUT2D eigenvalue weighted by molar-refractivity contribution is 5.25. The summed E-state index contributed by atoms with van der Waals surface area (Å²) < 4.78 is 5.33. The molecule has 1 fully saturated rings. The van der Waals surface area contributed by atoms with Gasteiger partial charge in [-0.05, 0) is 43.0 Å². The number of phenols is 1. The summed E-state index contributed by atoms with van der Waals surface area (Å²) in [7, 11) is 0. The molecule has 0 aromatic heterocycles. The maximum absolute atomic E-state index is 9.14. The second-order valence-electron chi connectivity index (χ2n) is 4.36. The van der Waals surface area contributed by atoms with Crippen molar-refractivity contribution in [3.05, 3.63) is 29.8 Å². The van der Waals surface area contributed by atoms with E-state index in [0.717, 1.165) is 32.2 Å². The van der Waals surface area contributed by atoms with Crippen molar-refractivity contribution in [3.8, 4) is 5.75 Å². The molecule has 2 N–H and O–H groups in total. The molecule has 0 spiro atoms. The fourth-order valence-corrected chi connectivity index (χ4v) is 1.96. The monoisotopic (exact) mass is 221 g/mol. The maximum Gasteiger partial charge on any atom is 0.115 e. The van der Waals surface area contributed by atoms with Gasteiger partial charge in [0.1, 0.15) is 5.75 Å². The Labute approximate surface area is 96.4 Å². The summed E-state index contributed by atoms with van der Waals surface area (Å²) in [6, 6.07) is 7.34. The molecule has 1 atom stereocenters. The molecule has 0 radical (unpaired) electrons. The molecule has 1 heterocycles. The first-order valence-electron chi connectivity index (χ1n) is 5.91. The Morgan fingerprint density at radius 1 is 1.31 bits per heavy atom. The van der Waals surface area contributed by atoms with Crippen LogP contribution in [-0.4, -0.2) is 24.9 Å². The maximum atomic E-state index is 9.14. The number of phenolic OH excluding ortho intramolecular Hbond substituents is 1. The molecule has 3 heteroatoms. The summed E-state index contributed by atoms with van der Waals surface area (Å²) in [5.74, 6) is 1.07. The van der Waals surface area contributed by atoms with E-state index in [1.54, 1.807) is 12.1 Å². The second kappa shape index (κ2) is 5.87. The van der Waals surface area contributed by atoms with Gasteiger partial charge in [-0.2, -0.15) is 0 Å². The van der Waals surface area contributed by atoms with E-state index in [-0.39, 0.29) is 0 Å². The van der Waals surface area contributed by atoms with Crippen LogP contribution in [0.1, 0.15) is 18.4 Å². The Morgan fingerprint density at radius 2 is 2.12 bits per heavy atom. The number of aromatic hydroxyl groups is 1. The zero-order valence-corrected chi connectivity index (χ0v) is 9.48. The lowest BCUT2D eigenvalue weighted by atomic mass is 10.1. The van der Waals surface area contributed by atoms with E-state index in [1.165, 1.54) is 18.4 Å². The topological polar surface area (TPSA) is 41.5 Å². The Kier molecular flexibility index (Phi) is 4.19. The zero-order chi connectivity index (χ0) is 11.2. The number of hydrogen-bond donors (Lipinski definition) is 2. The molecule has 1 aliphatic rings. The minimum absolute atomic E-state index is 0.326. The van der Waals surface area contributed by atoms with E-state index in [1.807, 2.05) is 12.1 Å². The smallest absolute Gasteiger partial charge is 0.115 e. The lowest BCUT2D eigenvalue weighted by Gasteiger charge is -2.08. The molecule has 0 aliphatic carbocycles. The summed E-state index contributed by atoms with van der Waals surface area (Å²) in [6.45, 7) is 3.77. The van der Waals surface area contributed by atoms with Crippen molar-refractivity contribution in [1.29, 1.82) is 0 Å². The highest BCUT2D eigenvalue weighted by Crippen LogP contribution is 2.15. The zero-order valence-electron chi connectivity index (χ0n) is 9.48. The van der Waals surface area contributed by atoms with Crippen LogP contribution in [0.5, 0.6) is 5.75 Å². The van der Waals surface area contributed by atoms with Crippen LogP contribution in [0.4, 0.5) is 0 Å². The largest absolute Gasteiger partial charge is 0.508 e. The molecule has 0 bridgehead atoms. The summed E-state index contributed by atoms with van der Waals surface area (Å²) in [6.07, 6.45) is 2.40. The number of hydrogen-bond acceptors (Lipinski definition) is 3. The molecule has 0 amide bonds. The Balaban J connectivity index is 1.62. The second-order valence-corrected chi connectivity index (χ2v) is 4.36. The minimum atomic E-state index is 0.326. The molecule has 3 nitrogen and oxygen atoms in total. The van der Waals surface area contributed by atoms with Crippen LogP contribution in [0.25, 0.3) is 0 Å². The molecule has 1 aliphatic heterocycles. The Bertz CT molecular complexity index is 304. The standard InChI is InChI=1S/C13H19NO2/c15-13-3-1-11(2-4-13)9-14-7-5-12-6-8-16-10-12/h1-4,12,14-15H,5-10H2.